The maximum atomic E-state index is 6.25. The first-order valence-electron chi connectivity index (χ1n) is 7.69. The van der Waals surface area contributed by atoms with Crippen LogP contribution in [0.1, 0.15) is 66.2 Å². The molecule has 0 unspecified atom stereocenters. The molecule has 1 saturated carbocycles. The normalized spacial score (nSPS) is 29.2. The Balaban J connectivity index is 2.31. The monoisotopic (exact) mass is 318 g/mol. The Bertz CT molecular complexity index is 217. The molecule has 1 rings (SSSR count). The zero-order chi connectivity index (χ0) is 13.6. The lowest BCUT2D eigenvalue weighted by Crippen LogP contribution is -2.40. The van der Waals surface area contributed by atoms with E-state index in [2.05, 4.69) is 43.6 Å². The Kier molecular flexibility index (Phi) is 7.23. The van der Waals surface area contributed by atoms with Crippen LogP contribution in [0.4, 0.5) is 0 Å². The van der Waals surface area contributed by atoms with Gasteiger partial charge in [-0.25, -0.2) is 0 Å². The first kappa shape index (κ1) is 16.5. The Morgan fingerprint density at radius 3 is 2.22 bits per heavy atom. The van der Waals surface area contributed by atoms with Gasteiger partial charge in [0.15, 0.2) is 0 Å². The first-order valence-corrected chi connectivity index (χ1v) is 8.81. The summed E-state index contributed by atoms with van der Waals surface area (Å²) in [5, 5.41) is 1.01. The van der Waals surface area contributed by atoms with Gasteiger partial charge in [0.1, 0.15) is 0 Å². The lowest BCUT2D eigenvalue weighted by molar-refractivity contribution is -0.0650. The first-order chi connectivity index (χ1) is 8.49. The molecule has 0 N–H and O–H groups in total. The van der Waals surface area contributed by atoms with E-state index < -0.39 is 0 Å². The molecule has 1 nitrogen and oxygen atoms in total. The van der Waals surface area contributed by atoms with E-state index in [4.69, 9.17) is 4.74 Å². The van der Waals surface area contributed by atoms with Gasteiger partial charge in [-0.05, 0) is 56.3 Å². The second-order valence-corrected chi connectivity index (χ2v) is 7.34. The summed E-state index contributed by atoms with van der Waals surface area (Å²) in [6.07, 6.45) is 7.65. The third-order valence-electron chi connectivity index (χ3n) is 4.46. The molecule has 0 saturated heterocycles. The maximum absolute atomic E-state index is 6.25. The lowest BCUT2D eigenvalue weighted by Gasteiger charge is -2.40. The summed E-state index contributed by atoms with van der Waals surface area (Å²) in [6.45, 7) is 10.2. The van der Waals surface area contributed by atoms with Crippen molar-refractivity contribution in [1.29, 1.82) is 0 Å². The molecule has 0 aromatic rings. The fourth-order valence-electron chi connectivity index (χ4n) is 2.93. The van der Waals surface area contributed by atoms with Gasteiger partial charge in [-0.2, -0.15) is 0 Å². The van der Waals surface area contributed by atoms with Gasteiger partial charge < -0.3 is 4.74 Å². The largest absolute Gasteiger partial charge is 0.374 e. The minimum atomic E-state index is 0.141. The number of hydrogen-bond acceptors (Lipinski definition) is 1. The van der Waals surface area contributed by atoms with Gasteiger partial charge >= 0.3 is 0 Å². The van der Waals surface area contributed by atoms with Crippen molar-refractivity contribution in [2.45, 2.75) is 71.8 Å². The van der Waals surface area contributed by atoms with Gasteiger partial charge in [0.05, 0.1) is 5.60 Å². The molecule has 0 amide bonds. The van der Waals surface area contributed by atoms with E-state index in [1.54, 1.807) is 0 Å². The number of halogens is 1. The van der Waals surface area contributed by atoms with Crippen molar-refractivity contribution in [2.24, 2.45) is 17.8 Å². The standard InChI is InChI=1S/C16H31BrO/c1-13(2)6-5-11-18-16(12-17)9-7-15(8-10-16)14(3)4/h13-15H,5-12H2,1-4H3. The van der Waals surface area contributed by atoms with Crippen LogP contribution >= 0.6 is 15.9 Å². The van der Waals surface area contributed by atoms with Gasteiger partial charge in [-0.1, -0.05) is 43.6 Å². The van der Waals surface area contributed by atoms with Crippen molar-refractivity contribution in [3.63, 3.8) is 0 Å². The second kappa shape index (κ2) is 7.89. The summed E-state index contributed by atoms with van der Waals surface area (Å²) in [7, 11) is 0. The van der Waals surface area contributed by atoms with E-state index in [0.717, 1.165) is 29.7 Å². The van der Waals surface area contributed by atoms with Gasteiger partial charge in [0.2, 0.25) is 0 Å². The van der Waals surface area contributed by atoms with Gasteiger partial charge in [-0.3, -0.25) is 0 Å². The quantitative estimate of drug-likeness (QED) is 0.450. The maximum Gasteiger partial charge on any atom is 0.0779 e. The van der Waals surface area contributed by atoms with Crippen molar-refractivity contribution in [3.05, 3.63) is 0 Å². The minimum absolute atomic E-state index is 0.141. The van der Waals surface area contributed by atoms with Crippen molar-refractivity contribution in [2.75, 3.05) is 11.9 Å². The highest BCUT2D eigenvalue weighted by molar-refractivity contribution is 9.09. The van der Waals surface area contributed by atoms with E-state index in [1.807, 2.05) is 0 Å². The third-order valence-corrected chi connectivity index (χ3v) is 5.48. The van der Waals surface area contributed by atoms with Gasteiger partial charge in [0.25, 0.3) is 0 Å². The molecule has 0 spiro atoms. The van der Waals surface area contributed by atoms with Crippen molar-refractivity contribution in [1.82, 2.24) is 0 Å². The van der Waals surface area contributed by atoms with E-state index in [-0.39, 0.29) is 5.60 Å². The van der Waals surface area contributed by atoms with Crippen LogP contribution in [-0.4, -0.2) is 17.5 Å². The molecule has 2 heteroatoms. The summed E-state index contributed by atoms with van der Waals surface area (Å²) in [5.41, 5.74) is 0.141. The van der Waals surface area contributed by atoms with Gasteiger partial charge in [-0.15, -0.1) is 0 Å². The molecule has 108 valence electrons. The molecular formula is C16H31BrO. The van der Waals surface area contributed by atoms with E-state index in [9.17, 15) is 0 Å². The van der Waals surface area contributed by atoms with Crippen LogP contribution in [0.3, 0.4) is 0 Å². The summed E-state index contributed by atoms with van der Waals surface area (Å²) >= 11 is 3.68. The number of ether oxygens (including phenoxy) is 1. The Labute approximate surface area is 122 Å². The molecule has 0 aromatic carbocycles. The van der Waals surface area contributed by atoms with E-state index in [0.29, 0.717) is 0 Å². The second-order valence-electron chi connectivity index (χ2n) is 6.78. The molecule has 0 radical (unpaired) electrons. The van der Waals surface area contributed by atoms with Crippen LogP contribution in [0.2, 0.25) is 0 Å². The highest BCUT2D eigenvalue weighted by Gasteiger charge is 2.35. The molecular weight excluding hydrogens is 288 g/mol. The number of rotatable bonds is 7. The van der Waals surface area contributed by atoms with Crippen LogP contribution < -0.4 is 0 Å². The molecule has 0 bridgehead atoms. The summed E-state index contributed by atoms with van der Waals surface area (Å²) in [4.78, 5) is 0. The van der Waals surface area contributed by atoms with E-state index >= 15 is 0 Å². The van der Waals surface area contributed by atoms with E-state index in [1.165, 1.54) is 38.5 Å². The Hall–Kier alpha value is 0.440. The fraction of sp³-hybridized carbons (Fsp3) is 1.00. The predicted molar refractivity (Wildman–Crippen MR) is 83.3 cm³/mol. The topological polar surface area (TPSA) is 9.23 Å². The predicted octanol–water partition coefficient (Wildman–Crippen LogP) is 5.42. The highest BCUT2D eigenvalue weighted by Crippen LogP contribution is 2.39. The summed E-state index contributed by atoms with van der Waals surface area (Å²) in [6, 6.07) is 0. The molecule has 1 fully saturated rings. The molecule has 0 heterocycles. The molecule has 1 aliphatic carbocycles. The van der Waals surface area contributed by atoms with Crippen LogP contribution in [0.5, 0.6) is 0 Å². The molecule has 1 aliphatic rings. The lowest BCUT2D eigenvalue weighted by atomic mass is 9.75. The number of hydrogen-bond donors (Lipinski definition) is 0. The third kappa shape index (κ3) is 5.21. The fourth-order valence-corrected chi connectivity index (χ4v) is 3.65. The van der Waals surface area contributed by atoms with Gasteiger partial charge in [0, 0.05) is 11.9 Å². The van der Waals surface area contributed by atoms with Crippen molar-refractivity contribution in [3.8, 4) is 0 Å². The summed E-state index contributed by atoms with van der Waals surface area (Å²) < 4.78 is 6.25. The minimum Gasteiger partial charge on any atom is -0.374 e. The Morgan fingerprint density at radius 2 is 1.78 bits per heavy atom. The van der Waals surface area contributed by atoms with Crippen LogP contribution in [-0.2, 0) is 4.74 Å². The van der Waals surface area contributed by atoms with Crippen LogP contribution in [0.25, 0.3) is 0 Å². The average molecular weight is 319 g/mol. The molecule has 0 aromatic heterocycles. The van der Waals surface area contributed by atoms with Crippen molar-refractivity contribution < 1.29 is 4.74 Å². The molecule has 0 atom stereocenters. The zero-order valence-electron chi connectivity index (χ0n) is 12.7. The average Bonchev–Trinajstić information content (AvgIpc) is 2.35. The van der Waals surface area contributed by atoms with Crippen LogP contribution in [0.15, 0.2) is 0 Å². The Morgan fingerprint density at radius 1 is 1.17 bits per heavy atom. The van der Waals surface area contributed by atoms with Crippen molar-refractivity contribution >= 4 is 15.9 Å². The smallest absolute Gasteiger partial charge is 0.0779 e. The molecule has 18 heavy (non-hydrogen) atoms. The molecule has 0 aliphatic heterocycles. The number of alkyl halides is 1. The zero-order valence-corrected chi connectivity index (χ0v) is 14.3. The highest BCUT2D eigenvalue weighted by atomic mass is 79.9. The SMILES string of the molecule is CC(C)CCCOC1(CBr)CCC(C(C)C)CC1. The summed E-state index contributed by atoms with van der Waals surface area (Å²) in [5.74, 6) is 2.54. The van der Waals surface area contributed by atoms with Crippen LogP contribution in [0, 0.1) is 17.8 Å².